The van der Waals surface area contributed by atoms with Crippen LogP contribution in [0.2, 0.25) is 0 Å². The van der Waals surface area contributed by atoms with Crippen molar-refractivity contribution in [2.45, 2.75) is 45.4 Å². The van der Waals surface area contributed by atoms with E-state index < -0.39 is 5.60 Å². The van der Waals surface area contributed by atoms with Crippen LogP contribution in [0.5, 0.6) is 0 Å². The summed E-state index contributed by atoms with van der Waals surface area (Å²) in [7, 11) is 0. The summed E-state index contributed by atoms with van der Waals surface area (Å²) < 4.78 is 7.27. The van der Waals surface area contributed by atoms with E-state index in [9.17, 15) is 4.79 Å². The summed E-state index contributed by atoms with van der Waals surface area (Å²) in [6.07, 6.45) is 4.48. The van der Waals surface area contributed by atoms with Gasteiger partial charge in [0.25, 0.3) is 0 Å². The molecule has 0 bridgehead atoms. The van der Waals surface area contributed by atoms with E-state index in [-0.39, 0.29) is 6.09 Å². The van der Waals surface area contributed by atoms with Crippen LogP contribution in [0.4, 0.5) is 4.79 Å². The highest BCUT2D eigenvalue weighted by Gasteiger charge is 2.29. The average Bonchev–Trinajstić information content (AvgIpc) is 2.97. The maximum atomic E-state index is 11.9. The molecule has 6 nitrogen and oxygen atoms in total. The SMILES string of the molecule is CC(C)(C)OC(=O)N1CCC(NCCn2cccn2)C1. The van der Waals surface area contributed by atoms with Crippen LogP contribution in [0.1, 0.15) is 27.2 Å². The molecule has 1 aromatic rings. The second kappa shape index (κ2) is 6.26. The Kier molecular flexibility index (Phi) is 4.65. The van der Waals surface area contributed by atoms with Gasteiger partial charge in [-0.25, -0.2) is 4.79 Å². The van der Waals surface area contributed by atoms with Gasteiger partial charge >= 0.3 is 6.09 Å². The monoisotopic (exact) mass is 280 g/mol. The maximum absolute atomic E-state index is 11.9. The Morgan fingerprint density at radius 2 is 2.30 bits per heavy atom. The van der Waals surface area contributed by atoms with E-state index in [0.717, 1.165) is 26.1 Å². The molecule has 0 aromatic carbocycles. The van der Waals surface area contributed by atoms with Crippen LogP contribution >= 0.6 is 0 Å². The Hall–Kier alpha value is -1.56. The van der Waals surface area contributed by atoms with Crippen LogP contribution < -0.4 is 5.32 Å². The smallest absolute Gasteiger partial charge is 0.410 e. The Morgan fingerprint density at radius 3 is 2.95 bits per heavy atom. The number of carbonyl (C=O) groups excluding carboxylic acids is 1. The topological polar surface area (TPSA) is 59.4 Å². The van der Waals surface area contributed by atoms with E-state index in [0.29, 0.717) is 12.6 Å². The number of aromatic nitrogens is 2. The lowest BCUT2D eigenvalue weighted by atomic mass is 10.2. The predicted octanol–water partition coefficient (Wildman–Crippen LogP) is 1.48. The van der Waals surface area contributed by atoms with Crippen LogP contribution in [0.3, 0.4) is 0 Å². The molecule has 2 heterocycles. The van der Waals surface area contributed by atoms with Crippen molar-refractivity contribution in [3.05, 3.63) is 18.5 Å². The van der Waals surface area contributed by atoms with Gasteiger partial charge in [-0.3, -0.25) is 4.68 Å². The number of nitrogens with zero attached hydrogens (tertiary/aromatic N) is 3. The predicted molar refractivity (Wildman–Crippen MR) is 76.4 cm³/mol. The number of ether oxygens (including phenoxy) is 1. The van der Waals surface area contributed by atoms with Gasteiger partial charge < -0.3 is 15.0 Å². The molecule has 0 saturated carbocycles. The molecule has 1 atom stereocenters. The number of amides is 1. The van der Waals surface area contributed by atoms with Crippen LogP contribution in [0.25, 0.3) is 0 Å². The first-order chi connectivity index (χ1) is 9.44. The normalized spacial score (nSPS) is 19.4. The largest absolute Gasteiger partial charge is 0.444 e. The highest BCUT2D eigenvalue weighted by atomic mass is 16.6. The van der Waals surface area contributed by atoms with E-state index in [2.05, 4.69) is 10.4 Å². The molecule has 2 rings (SSSR count). The molecule has 0 aliphatic carbocycles. The number of likely N-dealkylation sites (tertiary alicyclic amines) is 1. The number of nitrogens with one attached hydrogen (secondary N) is 1. The quantitative estimate of drug-likeness (QED) is 0.907. The minimum Gasteiger partial charge on any atom is -0.444 e. The van der Waals surface area contributed by atoms with E-state index in [1.807, 2.05) is 37.7 Å². The van der Waals surface area contributed by atoms with Gasteiger partial charge in [0.2, 0.25) is 0 Å². The van der Waals surface area contributed by atoms with Crippen LogP contribution in [-0.2, 0) is 11.3 Å². The summed E-state index contributed by atoms with van der Waals surface area (Å²) >= 11 is 0. The number of rotatable bonds is 4. The number of hydrogen-bond acceptors (Lipinski definition) is 4. The number of hydrogen-bond donors (Lipinski definition) is 1. The van der Waals surface area contributed by atoms with Gasteiger partial charge in [0.05, 0.1) is 6.54 Å². The summed E-state index contributed by atoms with van der Waals surface area (Å²) in [4.78, 5) is 13.7. The van der Waals surface area contributed by atoms with Crippen molar-refractivity contribution in [3.8, 4) is 0 Å². The molecule has 1 aliphatic rings. The van der Waals surface area contributed by atoms with E-state index >= 15 is 0 Å². The van der Waals surface area contributed by atoms with E-state index in [1.165, 1.54) is 0 Å². The molecule has 1 aliphatic heterocycles. The summed E-state index contributed by atoms with van der Waals surface area (Å²) in [6, 6.07) is 2.26. The molecule has 112 valence electrons. The third-order valence-electron chi connectivity index (χ3n) is 3.17. The van der Waals surface area contributed by atoms with Gasteiger partial charge in [0.1, 0.15) is 5.60 Å². The highest BCUT2D eigenvalue weighted by Crippen LogP contribution is 2.15. The van der Waals surface area contributed by atoms with Crippen molar-refractivity contribution < 1.29 is 9.53 Å². The Balaban J connectivity index is 1.68. The van der Waals surface area contributed by atoms with Crippen LogP contribution in [0.15, 0.2) is 18.5 Å². The third kappa shape index (κ3) is 4.52. The van der Waals surface area contributed by atoms with Crippen molar-refractivity contribution in [3.63, 3.8) is 0 Å². The minimum atomic E-state index is -0.428. The molecular formula is C14H24N4O2. The molecule has 0 radical (unpaired) electrons. The minimum absolute atomic E-state index is 0.214. The lowest BCUT2D eigenvalue weighted by Gasteiger charge is -2.24. The standard InChI is InChI=1S/C14H24N4O2/c1-14(2,3)20-13(19)17-9-5-12(11-17)15-7-10-18-8-4-6-16-18/h4,6,8,12,15H,5,7,9-11H2,1-3H3. The zero-order valence-corrected chi connectivity index (χ0v) is 12.5. The zero-order chi connectivity index (χ0) is 14.6. The van der Waals surface area contributed by atoms with Gasteiger partial charge in [-0.15, -0.1) is 0 Å². The first-order valence-corrected chi connectivity index (χ1v) is 7.13. The van der Waals surface area contributed by atoms with Gasteiger partial charge in [0, 0.05) is 38.1 Å². The molecule has 6 heteroatoms. The Labute approximate surface area is 120 Å². The first kappa shape index (κ1) is 14.8. The first-order valence-electron chi connectivity index (χ1n) is 7.13. The van der Waals surface area contributed by atoms with Gasteiger partial charge in [0.15, 0.2) is 0 Å². The van der Waals surface area contributed by atoms with Gasteiger partial charge in [-0.1, -0.05) is 0 Å². The summed E-state index contributed by atoms with van der Waals surface area (Å²) in [5, 5.41) is 7.61. The van der Waals surface area contributed by atoms with Gasteiger partial charge in [-0.05, 0) is 33.3 Å². The van der Waals surface area contributed by atoms with Gasteiger partial charge in [-0.2, -0.15) is 5.10 Å². The lowest BCUT2D eigenvalue weighted by Crippen LogP contribution is -2.39. The Morgan fingerprint density at radius 1 is 1.50 bits per heavy atom. The third-order valence-corrected chi connectivity index (χ3v) is 3.17. The molecule has 1 unspecified atom stereocenters. The van der Waals surface area contributed by atoms with Crippen molar-refractivity contribution in [2.75, 3.05) is 19.6 Å². The molecule has 1 fully saturated rings. The van der Waals surface area contributed by atoms with Crippen molar-refractivity contribution in [1.82, 2.24) is 20.0 Å². The van der Waals surface area contributed by atoms with Crippen LogP contribution in [-0.4, -0.2) is 52.1 Å². The van der Waals surface area contributed by atoms with Crippen molar-refractivity contribution >= 4 is 6.09 Å². The second-order valence-electron chi connectivity index (χ2n) is 6.14. The average molecular weight is 280 g/mol. The number of carbonyl (C=O) groups is 1. The van der Waals surface area contributed by atoms with Crippen molar-refractivity contribution in [2.24, 2.45) is 0 Å². The molecule has 1 N–H and O–H groups in total. The highest BCUT2D eigenvalue weighted by molar-refractivity contribution is 5.68. The summed E-state index contributed by atoms with van der Waals surface area (Å²) in [5.41, 5.74) is -0.428. The molecule has 1 aromatic heterocycles. The second-order valence-corrected chi connectivity index (χ2v) is 6.14. The van der Waals surface area contributed by atoms with Crippen LogP contribution in [0, 0.1) is 0 Å². The van der Waals surface area contributed by atoms with E-state index in [1.54, 1.807) is 11.1 Å². The fourth-order valence-corrected chi connectivity index (χ4v) is 2.24. The Bertz CT molecular complexity index is 425. The molecule has 20 heavy (non-hydrogen) atoms. The molecule has 0 spiro atoms. The molecule has 1 amide bonds. The van der Waals surface area contributed by atoms with Crippen molar-refractivity contribution in [1.29, 1.82) is 0 Å². The lowest BCUT2D eigenvalue weighted by molar-refractivity contribution is 0.0291. The maximum Gasteiger partial charge on any atom is 0.410 e. The summed E-state index contributed by atoms with van der Waals surface area (Å²) in [5.74, 6) is 0. The molecular weight excluding hydrogens is 256 g/mol. The zero-order valence-electron chi connectivity index (χ0n) is 12.5. The van der Waals surface area contributed by atoms with E-state index in [4.69, 9.17) is 4.74 Å². The fourth-order valence-electron chi connectivity index (χ4n) is 2.24. The summed E-state index contributed by atoms with van der Waals surface area (Å²) in [6.45, 7) is 8.84. The fraction of sp³-hybridized carbons (Fsp3) is 0.714. The molecule has 1 saturated heterocycles.